The van der Waals surface area contributed by atoms with Crippen molar-refractivity contribution in [3.63, 3.8) is 0 Å². The average Bonchev–Trinajstić information content (AvgIpc) is 2.36. The monoisotopic (exact) mass is 313 g/mol. The van der Waals surface area contributed by atoms with Gasteiger partial charge in [0.25, 0.3) is 0 Å². The number of aliphatic hydroxyl groups is 1. The zero-order valence-electron chi connectivity index (χ0n) is 12.5. The fourth-order valence-corrected chi connectivity index (χ4v) is 2.27. The summed E-state index contributed by atoms with van der Waals surface area (Å²) in [7, 11) is 0. The number of amides is 1. The maximum absolute atomic E-state index is 13.0. The fourth-order valence-electron chi connectivity index (χ4n) is 2.08. The van der Waals surface area contributed by atoms with Crippen LogP contribution < -0.4 is 5.32 Å². The van der Waals surface area contributed by atoms with Gasteiger partial charge in [-0.1, -0.05) is 31.5 Å². The van der Waals surface area contributed by atoms with Crippen molar-refractivity contribution in [2.24, 2.45) is 5.92 Å². The van der Waals surface area contributed by atoms with Crippen molar-refractivity contribution >= 4 is 23.6 Å². The van der Waals surface area contributed by atoms with E-state index < -0.39 is 11.4 Å². The average molecular weight is 314 g/mol. The second-order valence-corrected chi connectivity index (χ2v) is 6.23. The van der Waals surface area contributed by atoms with Gasteiger partial charge in [0.2, 0.25) is 5.91 Å². The van der Waals surface area contributed by atoms with Crippen molar-refractivity contribution in [2.75, 3.05) is 6.54 Å². The summed E-state index contributed by atoms with van der Waals surface area (Å²) in [5, 5.41) is 12.7. The maximum atomic E-state index is 13.0. The summed E-state index contributed by atoms with van der Waals surface area (Å²) in [6.07, 6.45) is 3.47. The zero-order valence-corrected chi connectivity index (χ0v) is 13.2. The first kappa shape index (κ1) is 17.7. The molecule has 2 N–H and O–H groups in total. The number of hydrogen-bond acceptors (Lipinski definition) is 2. The molecule has 0 aliphatic carbocycles. The van der Waals surface area contributed by atoms with E-state index in [1.54, 1.807) is 6.92 Å². The van der Waals surface area contributed by atoms with Crippen molar-refractivity contribution in [1.29, 1.82) is 0 Å². The Bertz CT molecular complexity index is 527. The molecule has 0 spiro atoms. The lowest BCUT2D eigenvalue weighted by Gasteiger charge is -2.25. The van der Waals surface area contributed by atoms with Crippen molar-refractivity contribution in [3.05, 3.63) is 40.7 Å². The Balaban J connectivity index is 2.53. The fraction of sp³-hybridized carbons (Fsp3) is 0.438. The molecule has 0 aromatic heterocycles. The third-order valence-electron chi connectivity index (χ3n) is 2.86. The molecule has 1 aromatic rings. The van der Waals surface area contributed by atoms with E-state index in [2.05, 4.69) is 5.32 Å². The molecule has 0 saturated carbocycles. The molecular formula is C16H21ClFNO2. The molecule has 0 aliphatic rings. The zero-order chi connectivity index (χ0) is 16.0. The Hall–Kier alpha value is -1.39. The van der Waals surface area contributed by atoms with Crippen molar-refractivity contribution in [3.8, 4) is 0 Å². The van der Waals surface area contributed by atoms with Gasteiger partial charge in [-0.25, -0.2) is 4.39 Å². The summed E-state index contributed by atoms with van der Waals surface area (Å²) in [6, 6.07) is 4.21. The van der Waals surface area contributed by atoms with Gasteiger partial charge in [-0.2, -0.15) is 0 Å². The predicted octanol–water partition coefficient (Wildman–Crippen LogP) is 3.41. The number of halogens is 2. The molecule has 3 nitrogen and oxygen atoms in total. The van der Waals surface area contributed by atoms with E-state index in [0.717, 1.165) is 0 Å². The molecule has 1 unspecified atom stereocenters. The second kappa shape index (κ2) is 7.57. The van der Waals surface area contributed by atoms with E-state index in [0.29, 0.717) is 17.9 Å². The Kier molecular flexibility index (Phi) is 6.37. The highest BCUT2D eigenvalue weighted by atomic mass is 35.5. The SMILES string of the molecule is CC(C)CC(C)(O)CNC(=O)C=Cc1ccc(F)c(Cl)c1. The van der Waals surface area contributed by atoms with E-state index in [1.165, 1.54) is 30.4 Å². The number of carbonyl (C=O) groups is 1. The van der Waals surface area contributed by atoms with Gasteiger partial charge < -0.3 is 10.4 Å². The van der Waals surface area contributed by atoms with Gasteiger partial charge in [0, 0.05) is 12.6 Å². The molecule has 0 fully saturated rings. The van der Waals surface area contributed by atoms with Crippen LogP contribution in [0.15, 0.2) is 24.3 Å². The number of benzene rings is 1. The van der Waals surface area contributed by atoms with E-state index >= 15 is 0 Å². The van der Waals surface area contributed by atoms with Crippen molar-refractivity contribution in [2.45, 2.75) is 32.8 Å². The van der Waals surface area contributed by atoms with Crippen LogP contribution in [0.1, 0.15) is 32.8 Å². The Morgan fingerprint density at radius 3 is 2.76 bits per heavy atom. The number of nitrogens with one attached hydrogen (secondary N) is 1. The van der Waals surface area contributed by atoms with Crippen LogP contribution in [-0.4, -0.2) is 23.2 Å². The van der Waals surface area contributed by atoms with Crippen LogP contribution in [0.5, 0.6) is 0 Å². The summed E-state index contributed by atoms with van der Waals surface area (Å²) < 4.78 is 13.0. The summed E-state index contributed by atoms with van der Waals surface area (Å²) in [5.41, 5.74) is -0.304. The molecule has 1 rings (SSSR count). The highest BCUT2D eigenvalue weighted by molar-refractivity contribution is 6.30. The van der Waals surface area contributed by atoms with Gasteiger partial charge in [-0.3, -0.25) is 4.79 Å². The maximum Gasteiger partial charge on any atom is 0.244 e. The van der Waals surface area contributed by atoms with Gasteiger partial charge in [0.1, 0.15) is 5.82 Å². The first-order chi connectivity index (χ1) is 9.69. The first-order valence-corrected chi connectivity index (χ1v) is 7.21. The number of hydrogen-bond donors (Lipinski definition) is 2. The summed E-state index contributed by atoms with van der Waals surface area (Å²) >= 11 is 5.66. The largest absolute Gasteiger partial charge is 0.388 e. The minimum Gasteiger partial charge on any atom is -0.388 e. The molecular weight excluding hydrogens is 293 g/mol. The quantitative estimate of drug-likeness (QED) is 0.791. The Labute approximate surface area is 129 Å². The van der Waals surface area contributed by atoms with Crippen molar-refractivity contribution in [1.82, 2.24) is 5.32 Å². The highest BCUT2D eigenvalue weighted by Gasteiger charge is 2.21. The lowest BCUT2D eigenvalue weighted by atomic mass is 9.94. The van der Waals surface area contributed by atoms with E-state index in [-0.39, 0.29) is 17.5 Å². The van der Waals surface area contributed by atoms with Crippen LogP contribution in [0.2, 0.25) is 5.02 Å². The van der Waals surface area contributed by atoms with Gasteiger partial charge >= 0.3 is 0 Å². The predicted molar refractivity (Wildman–Crippen MR) is 83.5 cm³/mol. The van der Waals surface area contributed by atoms with Crippen LogP contribution in [0.4, 0.5) is 4.39 Å². The molecule has 0 radical (unpaired) electrons. The molecule has 0 bridgehead atoms. The molecule has 1 aromatic carbocycles. The standard InChI is InChI=1S/C16H21ClFNO2/c1-11(2)9-16(3,21)10-19-15(20)7-5-12-4-6-14(18)13(17)8-12/h4-8,11,21H,9-10H2,1-3H3,(H,19,20). The van der Waals surface area contributed by atoms with Crippen LogP contribution in [0, 0.1) is 11.7 Å². The van der Waals surface area contributed by atoms with Crippen LogP contribution in [0.25, 0.3) is 6.08 Å². The molecule has 0 saturated heterocycles. The number of rotatable bonds is 6. The third kappa shape index (κ3) is 6.74. The molecule has 21 heavy (non-hydrogen) atoms. The van der Waals surface area contributed by atoms with E-state index in [4.69, 9.17) is 11.6 Å². The molecule has 0 heterocycles. The molecule has 0 aliphatic heterocycles. The topological polar surface area (TPSA) is 49.3 Å². The molecule has 5 heteroatoms. The van der Waals surface area contributed by atoms with E-state index in [1.807, 2.05) is 13.8 Å². The van der Waals surface area contributed by atoms with Crippen molar-refractivity contribution < 1.29 is 14.3 Å². The van der Waals surface area contributed by atoms with Crippen LogP contribution in [0.3, 0.4) is 0 Å². The molecule has 116 valence electrons. The molecule has 1 atom stereocenters. The highest BCUT2D eigenvalue weighted by Crippen LogP contribution is 2.17. The Morgan fingerprint density at radius 1 is 1.52 bits per heavy atom. The van der Waals surface area contributed by atoms with E-state index in [9.17, 15) is 14.3 Å². The minimum absolute atomic E-state index is 0.0115. The molecule has 1 amide bonds. The summed E-state index contributed by atoms with van der Waals surface area (Å²) in [4.78, 5) is 11.7. The normalized spacial score (nSPS) is 14.4. The minimum atomic E-state index is -0.934. The van der Waals surface area contributed by atoms with Crippen LogP contribution in [-0.2, 0) is 4.79 Å². The number of carbonyl (C=O) groups excluding carboxylic acids is 1. The van der Waals surface area contributed by atoms with Crippen LogP contribution >= 0.6 is 11.6 Å². The Morgan fingerprint density at radius 2 is 2.19 bits per heavy atom. The second-order valence-electron chi connectivity index (χ2n) is 5.82. The third-order valence-corrected chi connectivity index (χ3v) is 3.15. The van der Waals surface area contributed by atoms with Gasteiger partial charge in [0.05, 0.1) is 10.6 Å². The first-order valence-electron chi connectivity index (χ1n) is 6.83. The summed E-state index contributed by atoms with van der Waals surface area (Å²) in [6.45, 7) is 5.89. The van der Waals surface area contributed by atoms with Gasteiger partial charge in [0.15, 0.2) is 0 Å². The van der Waals surface area contributed by atoms with Gasteiger partial charge in [-0.15, -0.1) is 0 Å². The lowest BCUT2D eigenvalue weighted by Crippen LogP contribution is -2.40. The summed E-state index contributed by atoms with van der Waals surface area (Å²) in [5.74, 6) is -0.476. The smallest absolute Gasteiger partial charge is 0.244 e. The lowest BCUT2D eigenvalue weighted by molar-refractivity contribution is -0.117. The van der Waals surface area contributed by atoms with Gasteiger partial charge in [-0.05, 0) is 43.0 Å².